The summed E-state index contributed by atoms with van der Waals surface area (Å²) in [5, 5.41) is 9.91. The van der Waals surface area contributed by atoms with Crippen LogP contribution in [-0.4, -0.2) is 32.0 Å². The topological polar surface area (TPSA) is 65.5 Å². The number of rotatable bonds is 7. The molecule has 0 unspecified atom stereocenters. The average molecular weight is 373 g/mol. The number of nitrogens with one attached hydrogen (secondary N) is 3. The van der Waals surface area contributed by atoms with E-state index in [1.54, 1.807) is 7.05 Å². The van der Waals surface area contributed by atoms with Crippen molar-refractivity contribution in [1.82, 2.24) is 16.0 Å². The van der Waals surface area contributed by atoms with Crippen LogP contribution in [0.2, 0.25) is 5.02 Å². The molecule has 26 heavy (non-hydrogen) atoms. The van der Waals surface area contributed by atoms with Gasteiger partial charge in [0.05, 0.1) is 6.54 Å². The molecule has 0 radical (unpaired) electrons. The van der Waals surface area contributed by atoms with Gasteiger partial charge in [0, 0.05) is 30.7 Å². The van der Waals surface area contributed by atoms with E-state index in [-0.39, 0.29) is 5.91 Å². The molecular formula is C20H25ClN4O. The van der Waals surface area contributed by atoms with E-state index in [1.807, 2.05) is 55.5 Å². The van der Waals surface area contributed by atoms with Crippen LogP contribution in [0.4, 0.5) is 0 Å². The number of amides is 1. The third-order valence-electron chi connectivity index (χ3n) is 3.83. The second-order valence-electron chi connectivity index (χ2n) is 5.74. The summed E-state index contributed by atoms with van der Waals surface area (Å²) in [7, 11) is 1.63. The maximum Gasteiger partial charge on any atom is 0.251 e. The first-order chi connectivity index (χ1) is 12.6. The van der Waals surface area contributed by atoms with Crippen molar-refractivity contribution in [2.24, 2.45) is 4.99 Å². The molecule has 3 N–H and O–H groups in total. The van der Waals surface area contributed by atoms with Crippen LogP contribution >= 0.6 is 11.6 Å². The standard InChI is InChI=1S/C20H25ClN4O/c1-3-23-20(25-14-17-8-4-5-10-18(17)21)24-12-11-15-7-6-9-16(13-15)19(26)22-2/h4-10,13H,3,11-12,14H2,1-2H3,(H,22,26)(H2,23,24,25). The summed E-state index contributed by atoms with van der Waals surface area (Å²) in [6.45, 7) is 4.03. The Morgan fingerprint density at radius 3 is 2.65 bits per heavy atom. The van der Waals surface area contributed by atoms with Gasteiger partial charge in [-0.3, -0.25) is 4.79 Å². The summed E-state index contributed by atoms with van der Waals surface area (Å²) in [6, 6.07) is 15.3. The van der Waals surface area contributed by atoms with Gasteiger partial charge in [0.1, 0.15) is 0 Å². The molecule has 2 aromatic rings. The summed E-state index contributed by atoms with van der Waals surface area (Å²) in [5.41, 5.74) is 2.76. The number of carbonyl (C=O) groups excluding carboxylic acids is 1. The van der Waals surface area contributed by atoms with Gasteiger partial charge < -0.3 is 16.0 Å². The molecule has 0 bridgehead atoms. The van der Waals surface area contributed by atoms with Crippen LogP contribution in [0.25, 0.3) is 0 Å². The normalized spacial score (nSPS) is 11.1. The Morgan fingerprint density at radius 2 is 1.92 bits per heavy atom. The van der Waals surface area contributed by atoms with Crippen LogP contribution in [0, 0.1) is 0 Å². The average Bonchev–Trinajstić information content (AvgIpc) is 2.66. The Labute approximate surface area is 159 Å². The largest absolute Gasteiger partial charge is 0.357 e. The third-order valence-corrected chi connectivity index (χ3v) is 4.20. The minimum Gasteiger partial charge on any atom is -0.357 e. The quantitative estimate of drug-likeness (QED) is 0.517. The maximum absolute atomic E-state index is 11.7. The van der Waals surface area contributed by atoms with Crippen molar-refractivity contribution in [1.29, 1.82) is 0 Å². The van der Waals surface area contributed by atoms with Crippen molar-refractivity contribution < 1.29 is 4.79 Å². The minimum absolute atomic E-state index is 0.0746. The molecule has 0 aliphatic rings. The molecule has 0 saturated carbocycles. The van der Waals surface area contributed by atoms with Crippen LogP contribution in [0.1, 0.15) is 28.4 Å². The molecule has 0 aliphatic carbocycles. The van der Waals surface area contributed by atoms with Gasteiger partial charge in [-0.1, -0.05) is 41.9 Å². The Hall–Kier alpha value is -2.53. The van der Waals surface area contributed by atoms with Crippen LogP contribution in [0.3, 0.4) is 0 Å². The fourth-order valence-electron chi connectivity index (χ4n) is 2.47. The predicted octanol–water partition coefficient (Wildman–Crippen LogP) is 3.00. The summed E-state index contributed by atoms with van der Waals surface area (Å²) >= 11 is 6.18. The van der Waals surface area contributed by atoms with Gasteiger partial charge in [-0.15, -0.1) is 0 Å². The van der Waals surface area contributed by atoms with E-state index < -0.39 is 0 Å². The van der Waals surface area contributed by atoms with Gasteiger partial charge in [-0.2, -0.15) is 0 Å². The lowest BCUT2D eigenvalue weighted by molar-refractivity contribution is 0.0963. The molecule has 0 fully saturated rings. The molecule has 2 rings (SSSR count). The zero-order valence-electron chi connectivity index (χ0n) is 15.2. The SMILES string of the molecule is CCNC(=NCc1ccccc1Cl)NCCc1cccc(C(=O)NC)c1. The van der Waals surface area contributed by atoms with Gasteiger partial charge in [-0.25, -0.2) is 4.99 Å². The van der Waals surface area contributed by atoms with Gasteiger partial charge >= 0.3 is 0 Å². The Morgan fingerprint density at radius 1 is 1.12 bits per heavy atom. The number of halogens is 1. The van der Waals surface area contributed by atoms with Gasteiger partial charge in [0.15, 0.2) is 5.96 Å². The van der Waals surface area contributed by atoms with Crippen LogP contribution < -0.4 is 16.0 Å². The van der Waals surface area contributed by atoms with E-state index in [2.05, 4.69) is 20.9 Å². The molecule has 5 nitrogen and oxygen atoms in total. The number of hydrogen-bond acceptors (Lipinski definition) is 2. The zero-order valence-corrected chi connectivity index (χ0v) is 15.9. The molecular weight excluding hydrogens is 348 g/mol. The van der Waals surface area contributed by atoms with Gasteiger partial charge in [0.25, 0.3) is 5.91 Å². The summed E-state index contributed by atoms with van der Waals surface area (Å²) in [4.78, 5) is 16.3. The monoisotopic (exact) mass is 372 g/mol. The Balaban J connectivity index is 1.93. The second kappa shape index (κ2) is 10.5. The Bertz CT molecular complexity index is 761. The first-order valence-electron chi connectivity index (χ1n) is 8.70. The maximum atomic E-state index is 11.7. The van der Waals surface area contributed by atoms with E-state index in [4.69, 9.17) is 11.6 Å². The molecule has 6 heteroatoms. The van der Waals surface area contributed by atoms with Crippen LogP contribution in [0.15, 0.2) is 53.5 Å². The van der Waals surface area contributed by atoms with Crippen LogP contribution in [-0.2, 0) is 13.0 Å². The molecule has 0 spiro atoms. The third kappa shape index (κ3) is 6.08. The van der Waals surface area contributed by atoms with E-state index in [0.717, 1.165) is 35.1 Å². The van der Waals surface area contributed by atoms with Gasteiger partial charge in [0.2, 0.25) is 0 Å². The highest BCUT2D eigenvalue weighted by Crippen LogP contribution is 2.15. The minimum atomic E-state index is -0.0746. The van der Waals surface area contributed by atoms with Crippen molar-refractivity contribution in [3.63, 3.8) is 0 Å². The smallest absolute Gasteiger partial charge is 0.251 e. The summed E-state index contributed by atoms with van der Waals surface area (Å²) in [5.74, 6) is 0.671. The molecule has 0 heterocycles. The molecule has 0 saturated heterocycles. The van der Waals surface area contributed by atoms with E-state index in [0.29, 0.717) is 18.7 Å². The molecule has 0 aliphatic heterocycles. The molecule has 1 amide bonds. The number of nitrogens with zero attached hydrogens (tertiary/aromatic N) is 1. The fourth-order valence-corrected chi connectivity index (χ4v) is 2.67. The zero-order chi connectivity index (χ0) is 18.8. The Kier molecular flexibility index (Phi) is 7.96. The van der Waals surface area contributed by atoms with E-state index >= 15 is 0 Å². The molecule has 2 aromatic carbocycles. The number of carbonyl (C=O) groups is 1. The van der Waals surface area contributed by atoms with Gasteiger partial charge in [-0.05, 0) is 42.7 Å². The number of guanidine groups is 1. The van der Waals surface area contributed by atoms with Crippen LogP contribution in [0.5, 0.6) is 0 Å². The van der Waals surface area contributed by atoms with Crippen molar-refractivity contribution >= 4 is 23.5 Å². The lowest BCUT2D eigenvalue weighted by Crippen LogP contribution is -2.38. The molecule has 138 valence electrons. The fraction of sp³-hybridized carbons (Fsp3) is 0.300. The highest BCUT2D eigenvalue weighted by molar-refractivity contribution is 6.31. The second-order valence-corrected chi connectivity index (χ2v) is 6.15. The van der Waals surface area contributed by atoms with Crippen molar-refractivity contribution in [3.05, 3.63) is 70.2 Å². The van der Waals surface area contributed by atoms with Crippen molar-refractivity contribution in [3.8, 4) is 0 Å². The van der Waals surface area contributed by atoms with E-state index in [1.165, 1.54) is 0 Å². The lowest BCUT2D eigenvalue weighted by atomic mass is 10.1. The number of aliphatic imine (C=N–C) groups is 1. The van der Waals surface area contributed by atoms with E-state index in [9.17, 15) is 4.79 Å². The first kappa shape index (κ1) is 19.8. The highest BCUT2D eigenvalue weighted by Gasteiger charge is 2.04. The predicted molar refractivity (Wildman–Crippen MR) is 108 cm³/mol. The highest BCUT2D eigenvalue weighted by atomic mass is 35.5. The van der Waals surface area contributed by atoms with Crippen molar-refractivity contribution in [2.75, 3.05) is 20.1 Å². The number of hydrogen-bond donors (Lipinski definition) is 3. The first-order valence-corrected chi connectivity index (χ1v) is 9.08. The lowest BCUT2D eigenvalue weighted by Gasteiger charge is -2.12. The molecule has 0 atom stereocenters. The summed E-state index contributed by atoms with van der Waals surface area (Å²) in [6.07, 6.45) is 0.793. The summed E-state index contributed by atoms with van der Waals surface area (Å²) < 4.78 is 0. The molecule has 0 aromatic heterocycles. The van der Waals surface area contributed by atoms with Crippen molar-refractivity contribution in [2.45, 2.75) is 19.9 Å². The number of benzene rings is 2.